The lowest BCUT2D eigenvalue weighted by Crippen LogP contribution is -2.18. The summed E-state index contributed by atoms with van der Waals surface area (Å²) in [5, 5.41) is 5.10. The van der Waals surface area contributed by atoms with E-state index in [4.69, 9.17) is 8.94 Å². The van der Waals surface area contributed by atoms with Gasteiger partial charge in [-0.05, 0) is 43.9 Å². The highest BCUT2D eigenvalue weighted by atomic mass is 16.5. The first-order valence-corrected chi connectivity index (χ1v) is 8.04. The van der Waals surface area contributed by atoms with Crippen molar-refractivity contribution in [3.05, 3.63) is 35.7 Å². The number of hydrogen-bond acceptors (Lipinski definition) is 5. The molecule has 0 amide bonds. The monoisotopic (exact) mass is 308 g/mol. The Bertz CT molecular complexity index is 923. The van der Waals surface area contributed by atoms with Gasteiger partial charge in [0.1, 0.15) is 11.4 Å². The Hall–Kier alpha value is -2.43. The average Bonchev–Trinajstić information content (AvgIpc) is 3.27. The quantitative estimate of drug-likeness (QED) is 0.718. The summed E-state index contributed by atoms with van der Waals surface area (Å²) in [6.45, 7) is 2.05. The highest BCUT2D eigenvalue weighted by Gasteiger charge is 2.48. The van der Waals surface area contributed by atoms with Gasteiger partial charge in [0, 0.05) is 23.6 Å². The van der Waals surface area contributed by atoms with Gasteiger partial charge < -0.3 is 8.94 Å². The van der Waals surface area contributed by atoms with Gasteiger partial charge in [0.2, 0.25) is 11.7 Å². The van der Waals surface area contributed by atoms with Crippen LogP contribution in [0.25, 0.3) is 22.6 Å². The highest BCUT2D eigenvalue weighted by molar-refractivity contribution is 5.85. The van der Waals surface area contributed by atoms with E-state index in [2.05, 4.69) is 16.2 Å². The van der Waals surface area contributed by atoms with Crippen molar-refractivity contribution in [2.45, 2.75) is 32.1 Å². The summed E-state index contributed by atoms with van der Waals surface area (Å²) in [6.07, 6.45) is 2.69. The Morgan fingerprint density at radius 2 is 2.04 bits per heavy atom. The number of fused-ring (bicyclic) bond motifs is 3. The van der Waals surface area contributed by atoms with Crippen LogP contribution in [0.4, 0.5) is 0 Å². The van der Waals surface area contributed by atoms with Gasteiger partial charge in [0.25, 0.3) is 0 Å². The van der Waals surface area contributed by atoms with Crippen molar-refractivity contribution in [2.24, 2.45) is 11.8 Å². The van der Waals surface area contributed by atoms with E-state index < -0.39 is 0 Å². The van der Waals surface area contributed by atoms with Crippen LogP contribution in [0.3, 0.4) is 0 Å². The maximum Gasteiger partial charge on any atom is 0.238 e. The molecule has 2 aliphatic rings. The van der Waals surface area contributed by atoms with E-state index >= 15 is 0 Å². The van der Waals surface area contributed by atoms with Crippen LogP contribution in [-0.2, 0) is 4.79 Å². The van der Waals surface area contributed by atoms with Crippen LogP contribution in [0.2, 0.25) is 0 Å². The summed E-state index contributed by atoms with van der Waals surface area (Å²) in [5.74, 6) is 2.67. The Labute approximate surface area is 132 Å². The second-order valence-corrected chi connectivity index (χ2v) is 6.83. The van der Waals surface area contributed by atoms with Gasteiger partial charge in [-0.3, -0.25) is 4.79 Å². The van der Waals surface area contributed by atoms with E-state index in [-0.39, 0.29) is 11.8 Å². The molecule has 0 radical (unpaired) electrons. The molecule has 23 heavy (non-hydrogen) atoms. The number of benzene rings is 1. The average molecular weight is 308 g/mol. The number of rotatable bonds is 2. The lowest BCUT2D eigenvalue weighted by molar-refractivity contribution is -0.122. The van der Waals surface area contributed by atoms with Gasteiger partial charge in [-0.25, -0.2) is 0 Å². The van der Waals surface area contributed by atoms with Crippen LogP contribution in [0.15, 0.2) is 33.2 Å². The van der Waals surface area contributed by atoms with Crippen molar-refractivity contribution in [1.82, 2.24) is 10.1 Å². The molecule has 5 heteroatoms. The third kappa shape index (κ3) is 1.96. The number of nitrogens with zero attached hydrogens (tertiary/aromatic N) is 2. The topological polar surface area (TPSA) is 69.1 Å². The van der Waals surface area contributed by atoms with Crippen LogP contribution in [0.1, 0.15) is 36.6 Å². The Morgan fingerprint density at radius 1 is 1.17 bits per heavy atom. The molecule has 5 nitrogen and oxygen atoms in total. The zero-order chi connectivity index (χ0) is 15.6. The third-order valence-corrected chi connectivity index (χ3v) is 5.21. The van der Waals surface area contributed by atoms with E-state index in [9.17, 15) is 4.79 Å². The van der Waals surface area contributed by atoms with Crippen molar-refractivity contribution in [3.63, 3.8) is 0 Å². The fourth-order valence-corrected chi connectivity index (χ4v) is 4.13. The summed E-state index contributed by atoms with van der Waals surface area (Å²) in [5.41, 5.74) is 1.99. The molecule has 0 saturated heterocycles. The minimum absolute atomic E-state index is 0.0756. The Balaban J connectivity index is 1.50. The molecule has 2 fully saturated rings. The fourth-order valence-electron chi connectivity index (χ4n) is 4.13. The number of ketones is 1. The molecular formula is C18H16N2O3. The second kappa shape index (κ2) is 4.54. The van der Waals surface area contributed by atoms with Crippen LogP contribution in [0.5, 0.6) is 0 Å². The standard InChI is InChI=1S/C18H16N2O3/c1-9-2-3-15-11(4-9)8-16(22-15)17-19-18(23-20-17)13-6-10-5-12(13)14(21)7-10/h2-4,8,10,12-13H,5-7H2,1H3/t10-,12+,13?/m0/s1. The van der Waals surface area contributed by atoms with Gasteiger partial charge in [-0.2, -0.15) is 4.98 Å². The molecule has 2 heterocycles. The molecule has 2 saturated carbocycles. The molecule has 116 valence electrons. The zero-order valence-corrected chi connectivity index (χ0v) is 12.8. The van der Waals surface area contributed by atoms with Gasteiger partial charge >= 0.3 is 0 Å². The summed E-state index contributed by atoms with van der Waals surface area (Å²) >= 11 is 0. The van der Waals surface area contributed by atoms with E-state index in [1.165, 1.54) is 5.56 Å². The molecule has 3 aromatic rings. The number of aryl methyl sites for hydroxylation is 1. The van der Waals surface area contributed by atoms with Gasteiger partial charge in [-0.15, -0.1) is 0 Å². The molecule has 3 atom stereocenters. The van der Waals surface area contributed by atoms with Crippen molar-refractivity contribution in [3.8, 4) is 11.6 Å². The van der Waals surface area contributed by atoms with Gasteiger partial charge in [0.05, 0.1) is 0 Å². The van der Waals surface area contributed by atoms with E-state index in [1.807, 2.05) is 25.1 Å². The number of furan rings is 1. The number of carbonyl (C=O) groups is 1. The van der Waals surface area contributed by atoms with Crippen LogP contribution >= 0.6 is 0 Å². The third-order valence-electron chi connectivity index (χ3n) is 5.21. The molecule has 1 aromatic carbocycles. The second-order valence-electron chi connectivity index (χ2n) is 6.83. The highest BCUT2D eigenvalue weighted by Crippen LogP contribution is 2.50. The number of aromatic nitrogens is 2. The summed E-state index contributed by atoms with van der Waals surface area (Å²) < 4.78 is 11.3. The minimum atomic E-state index is 0.0756. The van der Waals surface area contributed by atoms with Gasteiger partial charge in [-0.1, -0.05) is 16.8 Å². The summed E-state index contributed by atoms with van der Waals surface area (Å²) in [6, 6.07) is 7.96. The Kier molecular flexibility index (Phi) is 2.57. The smallest absolute Gasteiger partial charge is 0.238 e. The summed E-state index contributed by atoms with van der Waals surface area (Å²) in [4.78, 5) is 16.4. The molecular weight excluding hydrogens is 292 g/mol. The SMILES string of the molecule is Cc1ccc2oc(-c3noc(C4C[C@H]5CC(=O)[C@@H]4C5)n3)cc2c1. The lowest BCUT2D eigenvalue weighted by Gasteiger charge is -2.16. The van der Waals surface area contributed by atoms with Crippen LogP contribution < -0.4 is 0 Å². The van der Waals surface area contributed by atoms with Crippen LogP contribution in [-0.4, -0.2) is 15.9 Å². The predicted molar refractivity (Wildman–Crippen MR) is 82.8 cm³/mol. The molecule has 2 bridgehead atoms. The van der Waals surface area contributed by atoms with E-state index in [0.29, 0.717) is 29.2 Å². The predicted octanol–water partition coefficient (Wildman–Crippen LogP) is 3.87. The van der Waals surface area contributed by atoms with E-state index in [0.717, 1.165) is 30.2 Å². The van der Waals surface area contributed by atoms with Crippen molar-refractivity contribution in [1.29, 1.82) is 0 Å². The molecule has 0 N–H and O–H groups in total. The molecule has 5 rings (SSSR count). The first kappa shape index (κ1) is 13.0. The first-order valence-electron chi connectivity index (χ1n) is 8.04. The lowest BCUT2D eigenvalue weighted by atomic mass is 9.88. The Morgan fingerprint density at radius 3 is 2.87 bits per heavy atom. The molecule has 2 aliphatic carbocycles. The van der Waals surface area contributed by atoms with Crippen molar-refractivity contribution in [2.75, 3.05) is 0 Å². The van der Waals surface area contributed by atoms with Crippen molar-refractivity contribution < 1.29 is 13.7 Å². The number of carbonyl (C=O) groups excluding carboxylic acids is 1. The zero-order valence-electron chi connectivity index (χ0n) is 12.8. The van der Waals surface area contributed by atoms with Crippen LogP contribution in [0, 0.1) is 18.8 Å². The normalized spacial score (nSPS) is 26.5. The molecule has 1 unspecified atom stereocenters. The largest absolute Gasteiger partial charge is 0.453 e. The van der Waals surface area contributed by atoms with Gasteiger partial charge in [0.15, 0.2) is 5.76 Å². The van der Waals surface area contributed by atoms with Crippen molar-refractivity contribution >= 4 is 16.8 Å². The number of Topliss-reactive ketones (excluding diaryl/α,β-unsaturated/α-hetero) is 1. The van der Waals surface area contributed by atoms with E-state index in [1.54, 1.807) is 0 Å². The maximum absolute atomic E-state index is 11.9. The molecule has 0 spiro atoms. The fraction of sp³-hybridized carbons (Fsp3) is 0.389. The molecule has 0 aliphatic heterocycles. The molecule has 2 aromatic heterocycles. The minimum Gasteiger partial charge on any atom is -0.453 e. The summed E-state index contributed by atoms with van der Waals surface area (Å²) in [7, 11) is 0. The number of hydrogen-bond donors (Lipinski definition) is 0. The maximum atomic E-state index is 11.9. The first-order chi connectivity index (χ1) is 11.2.